The zero-order valence-corrected chi connectivity index (χ0v) is 28.0. The van der Waals surface area contributed by atoms with E-state index >= 15 is 0 Å². The largest absolute Gasteiger partial charge is 0.462 e. The topological polar surface area (TPSA) is 98.1 Å². The molecule has 0 N–H and O–H groups in total. The minimum Gasteiger partial charge on any atom is -0.462 e. The molecule has 2 fully saturated rings. The Balaban J connectivity index is 1.16. The molecule has 0 bridgehead atoms. The number of nitriles is 1. The van der Waals surface area contributed by atoms with Gasteiger partial charge in [0.05, 0.1) is 35.8 Å². The number of benzene rings is 3. The average Bonchev–Trinajstić information content (AvgIpc) is 3.53. The molecule has 1 aromatic heterocycles. The monoisotopic (exact) mass is 665 g/mol. The molecule has 48 heavy (non-hydrogen) atoms. The molecule has 3 aliphatic rings. The third kappa shape index (κ3) is 6.71. The van der Waals surface area contributed by atoms with Gasteiger partial charge in [0.25, 0.3) is 0 Å². The molecule has 4 aromatic rings. The van der Waals surface area contributed by atoms with E-state index in [1.807, 2.05) is 42.5 Å². The van der Waals surface area contributed by atoms with Crippen molar-refractivity contribution < 1.29 is 14.3 Å². The maximum atomic E-state index is 13.2. The van der Waals surface area contributed by atoms with Crippen LogP contribution < -0.4 is 14.5 Å². The molecule has 11 heteroatoms. The van der Waals surface area contributed by atoms with Crippen molar-refractivity contribution in [2.24, 2.45) is 0 Å². The number of likely N-dealkylation sites (N-methyl/N-ethyl adjacent to an activating group) is 1. The predicted octanol–water partition coefficient (Wildman–Crippen LogP) is 6.06. The molecule has 0 saturated carbocycles. The van der Waals surface area contributed by atoms with Crippen molar-refractivity contribution in [2.75, 3.05) is 56.2 Å². The second kappa shape index (κ2) is 14.3. The van der Waals surface area contributed by atoms with Crippen LogP contribution in [0.5, 0.6) is 6.01 Å². The maximum Gasteiger partial charge on any atom is 0.410 e. The van der Waals surface area contributed by atoms with Gasteiger partial charge in [-0.15, -0.1) is 0 Å². The molecule has 4 heterocycles. The fourth-order valence-electron chi connectivity index (χ4n) is 7.19. The minimum absolute atomic E-state index is 0.188. The molecule has 3 aliphatic heterocycles. The Kier molecular flexibility index (Phi) is 9.50. The van der Waals surface area contributed by atoms with E-state index in [2.05, 4.69) is 52.1 Å². The number of likely N-dealkylation sites (tertiary alicyclic amines) is 1. The number of anilines is 2. The Morgan fingerprint density at radius 3 is 2.60 bits per heavy atom. The Labute approximate surface area is 286 Å². The molecule has 3 aromatic carbocycles. The first kappa shape index (κ1) is 32.0. The molecule has 2 unspecified atom stereocenters. The van der Waals surface area contributed by atoms with Gasteiger partial charge in [0.1, 0.15) is 19.0 Å². The number of carbonyl (C=O) groups is 1. The van der Waals surface area contributed by atoms with Crippen LogP contribution in [0.3, 0.4) is 0 Å². The molecule has 2 saturated heterocycles. The van der Waals surface area contributed by atoms with Gasteiger partial charge in [0.2, 0.25) is 0 Å². The highest BCUT2D eigenvalue weighted by Crippen LogP contribution is 2.37. The highest BCUT2D eigenvalue weighted by molar-refractivity contribution is 6.36. The van der Waals surface area contributed by atoms with Gasteiger partial charge in [0.15, 0.2) is 0 Å². The van der Waals surface area contributed by atoms with Gasteiger partial charge in [-0.1, -0.05) is 66.2 Å². The number of aromatic nitrogens is 2. The van der Waals surface area contributed by atoms with E-state index < -0.39 is 6.09 Å². The standard InChI is InChI=1S/C37H40ClN7O3/c1-42-18-7-12-29(42)25-47-36-40-32-23-43(33-14-6-11-27-10-5-13-31(38)34(27)33)19-16-30(32)35(41-36)44-20-21-45(28(22-44)15-17-39)37(46)48-24-26-8-3-2-4-9-26/h2-6,8-11,13-14,28-29H,7,12,15-16,18-25H2,1H3. The van der Waals surface area contributed by atoms with Crippen LogP contribution in [0.15, 0.2) is 66.7 Å². The molecule has 10 nitrogen and oxygen atoms in total. The van der Waals surface area contributed by atoms with E-state index in [0.29, 0.717) is 44.8 Å². The van der Waals surface area contributed by atoms with Gasteiger partial charge in [-0.3, -0.25) is 0 Å². The fourth-order valence-corrected chi connectivity index (χ4v) is 7.47. The number of piperazine rings is 1. The van der Waals surface area contributed by atoms with Crippen LogP contribution >= 0.6 is 11.6 Å². The minimum atomic E-state index is -0.405. The van der Waals surface area contributed by atoms with Crippen LogP contribution in [0.2, 0.25) is 5.02 Å². The summed E-state index contributed by atoms with van der Waals surface area (Å²) in [6.07, 6.45) is 2.76. The van der Waals surface area contributed by atoms with Crippen molar-refractivity contribution in [3.05, 3.63) is 88.6 Å². The molecule has 7 rings (SSSR count). The van der Waals surface area contributed by atoms with E-state index in [1.165, 1.54) is 0 Å². The lowest BCUT2D eigenvalue weighted by atomic mass is 10.0. The lowest BCUT2D eigenvalue weighted by Gasteiger charge is -2.42. The van der Waals surface area contributed by atoms with Crippen LogP contribution in [-0.2, 0) is 24.3 Å². The zero-order valence-electron chi connectivity index (χ0n) is 27.2. The molecule has 0 radical (unpaired) electrons. The first-order valence-electron chi connectivity index (χ1n) is 16.7. The maximum absolute atomic E-state index is 13.2. The Morgan fingerprint density at radius 2 is 1.81 bits per heavy atom. The van der Waals surface area contributed by atoms with Crippen LogP contribution in [0.25, 0.3) is 10.8 Å². The zero-order chi connectivity index (χ0) is 33.0. The summed E-state index contributed by atoms with van der Waals surface area (Å²) in [6.45, 7) is 4.57. The van der Waals surface area contributed by atoms with E-state index in [9.17, 15) is 10.1 Å². The summed E-state index contributed by atoms with van der Waals surface area (Å²) in [6, 6.07) is 24.5. The second-order valence-electron chi connectivity index (χ2n) is 12.8. The van der Waals surface area contributed by atoms with Crippen molar-refractivity contribution in [2.45, 2.75) is 50.9 Å². The van der Waals surface area contributed by atoms with Crippen LogP contribution in [0.1, 0.15) is 36.1 Å². The van der Waals surface area contributed by atoms with Crippen molar-refractivity contribution >= 4 is 40.0 Å². The normalized spacial score (nSPS) is 19.6. The predicted molar refractivity (Wildman–Crippen MR) is 186 cm³/mol. The number of fused-ring (bicyclic) bond motifs is 2. The number of rotatable bonds is 8. The summed E-state index contributed by atoms with van der Waals surface area (Å²) in [5, 5.41) is 12.6. The Hall–Kier alpha value is -4.59. The van der Waals surface area contributed by atoms with Crippen molar-refractivity contribution in [1.82, 2.24) is 19.8 Å². The molecular formula is C37H40ClN7O3. The molecule has 1 amide bonds. The van der Waals surface area contributed by atoms with E-state index in [-0.39, 0.29) is 19.1 Å². The first-order chi connectivity index (χ1) is 23.5. The third-order valence-electron chi connectivity index (χ3n) is 9.82. The number of hydrogen-bond acceptors (Lipinski definition) is 9. The van der Waals surface area contributed by atoms with Gasteiger partial charge >= 0.3 is 12.1 Å². The average molecular weight is 666 g/mol. The Morgan fingerprint density at radius 1 is 0.979 bits per heavy atom. The summed E-state index contributed by atoms with van der Waals surface area (Å²) in [5.74, 6) is 0.825. The number of ether oxygens (including phenoxy) is 2. The highest BCUT2D eigenvalue weighted by atomic mass is 35.5. The smallest absolute Gasteiger partial charge is 0.410 e. The van der Waals surface area contributed by atoms with Crippen LogP contribution in [-0.4, -0.2) is 84.3 Å². The van der Waals surface area contributed by atoms with Gasteiger partial charge in [-0.25, -0.2) is 4.79 Å². The number of carbonyl (C=O) groups excluding carboxylic acids is 1. The fraction of sp³-hybridized carbons (Fsp3) is 0.405. The number of hydrogen-bond donors (Lipinski definition) is 0. The third-order valence-corrected chi connectivity index (χ3v) is 10.1. The summed E-state index contributed by atoms with van der Waals surface area (Å²) in [4.78, 5) is 31.8. The van der Waals surface area contributed by atoms with E-state index in [0.717, 1.165) is 76.5 Å². The summed E-state index contributed by atoms with van der Waals surface area (Å²) < 4.78 is 12.0. The summed E-state index contributed by atoms with van der Waals surface area (Å²) >= 11 is 6.73. The quantitative estimate of drug-likeness (QED) is 0.222. The summed E-state index contributed by atoms with van der Waals surface area (Å²) in [5.41, 5.74) is 4.01. The van der Waals surface area contributed by atoms with Gasteiger partial charge in [-0.2, -0.15) is 15.2 Å². The molecule has 248 valence electrons. The van der Waals surface area contributed by atoms with Crippen molar-refractivity contribution in [3.8, 4) is 12.1 Å². The lowest BCUT2D eigenvalue weighted by Crippen LogP contribution is -2.55. The van der Waals surface area contributed by atoms with Crippen LogP contribution in [0.4, 0.5) is 16.3 Å². The molecule has 0 spiro atoms. The number of amides is 1. The van der Waals surface area contributed by atoms with Gasteiger partial charge in [-0.05, 0) is 55.9 Å². The SMILES string of the molecule is CN1CCCC1COc1nc2c(c(N3CCN(C(=O)OCc4ccccc4)C(CC#N)C3)n1)CCN(c1cccc3cccc(Cl)c13)C2. The molecular weight excluding hydrogens is 626 g/mol. The van der Waals surface area contributed by atoms with Gasteiger partial charge < -0.3 is 29.1 Å². The van der Waals surface area contributed by atoms with Gasteiger partial charge in [0, 0.05) is 48.9 Å². The summed E-state index contributed by atoms with van der Waals surface area (Å²) in [7, 11) is 2.13. The first-order valence-corrected chi connectivity index (χ1v) is 17.1. The van der Waals surface area contributed by atoms with E-state index in [4.69, 9.17) is 31.0 Å². The van der Waals surface area contributed by atoms with Crippen molar-refractivity contribution in [3.63, 3.8) is 0 Å². The molecule has 2 atom stereocenters. The lowest BCUT2D eigenvalue weighted by molar-refractivity contribution is 0.0767. The number of halogens is 1. The van der Waals surface area contributed by atoms with E-state index in [1.54, 1.807) is 4.90 Å². The van der Waals surface area contributed by atoms with Crippen molar-refractivity contribution in [1.29, 1.82) is 5.26 Å². The second-order valence-corrected chi connectivity index (χ2v) is 13.2. The Bertz CT molecular complexity index is 1810. The highest BCUT2D eigenvalue weighted by Gasteiger charge is 2.35. The number of nitrogens with zero attached hydrogens (tertiary/aromatic N) is 7. The van der Waals surface area contributed by atoms with Crippen LogP contribution in [0, 0.1) is 11.3 Å². The molecule has 0 aliphatic carbocycles.